The fourth-order valence-corrected chi connectivity index (χ4v) is 4.48. The van der Waals surface area contributed by atoms with Crippen LogP contribution in [0.4, 0.5) is 10.1 Å². The van der Waals surface area contributed by atoms with Gasteiger partial charge < -0.3 is 19.8 Å². The van der Waals surface area contributed by atoms with Crippen molar-refractivity contribution >= 4 is 27.6 Å². The minimum Gasteiger partial charge on any atom is -0.472 e. The molecular weight excluding hydrogens is 487 g/mol. The largest absolute Gasteiger partial charge is 0.472 e. The van der Waals surface area contributed by atoms with Crippen molar-refractivity contribution in [3.63, 3.8) is 0 Å². The van der Waals surface area contributed by atoms with Crippen LogP contribution in [0.2, 0.25) is 0 Å². The van der Waals surface area contributed by atoms with Crippen LogP contribution in [-0.2, 0) is 0 Å². The van der Waals surface area contributed by atoms with Gasteiger partial charge in [0.2, 0.25) is 0 Å². The number of furan rings is 1. The molecule has 6 rings (SSSR count). The molecule has 0 amide bonds. The van der Waals surface area contributed by atoms with Crippen molar-refractivity contribution in [2.24, 2.45) is 5.41 Å². The summed E-state index contributed by atoms with van der Waals surface area (Å²) >= 11 is 0. The Morgan fingerprint density at radius 3 is 2.71 bits per heavy atom. The molecule has 0 aliphatic heterocycles. The third-order valence-corrected chi connectivity index (χ3v) is 6.11. The van der Waals surface area contributed by atoms with Gasteiger partial charge in [0, 0.05) is 23.5 Å². The Morgan fingerprint density at radius 2 is 1.92 bits per heavy atom. The van der Waals surface area contributed by atoms with Gasteiger partial charge >= 0.3 is 0 Å². The van der Waals surface area contributed by atoms with Crippen molar-refractivity contribution in [2.75, 3.05) is 5.32 Å². The van der Waals surface area contributed by atoms with Crippen LogP contribution >= 0.6 is 0 Å². The van der Waals surface area contributed by atoms with E-state index in [1.54, 1.807) is 43.1 Å². The molecule has 0 fully saturated rings. The lowest BCUT2D eigenvalue weighted by Gasteiger charge is -2.23. The second-order valence-electron chi connectivity index (χ2n) is 10.3. The maximum Gasteiger partial charge on any atom is 0.161 e. The number of aliphatic hydroxyl groups excluding tert-OH is 1. The molecule has 6 heterocycles. The van der Waals surface area contributed by atoms with E-state index in [1.165, 1.54) is 12.4 Å². The van der Waals surface area contributed by atoms with Gasteiger partial charge in [-0.15, -0.1) is 0 Å². The third-order valence-electron chi connectivity index (χ3n) is 6.11. The van der Waals surface area contributed by atoms with Gasteiger partial charge in [0.15, 0.2) is 11.6 Å². The first-order valence-electron chi connectivity index (χ1n) is 12.1. The molecule has 192 valence electrons. The zero-order valence-corrected chi connectivity index (χ0v) is 21.0. The third kappa shape index (κ3) is 4.37. The summed E-state index contributed by atoms with van der Waals surface area (Å²) in [7, 11) is 0. The lowest BCUT2D eigenvalue weighted by atomic mass is 9.91. The topological polar surface area (TPSA) is 141 Å². The highest BCUT2D eigenvalue weighted by molar-refractivity contribution is 5.97. The Morgan fingerprint density at radius 1 is 1.05 bits per heavy atom. The van der Waals surface area contributed by atoms with Crippen molar-refractivity contribution < 1.29 is 13.9 Å². The smallest absolute Gasteiger partial charge is 0.161 e. The number of hydrogen-bond donors (Lipinski definition) is 4. The highest BCUT2D eigenvalue weighted by atomic mass is 19.1. The monoisotopic (exact) mass is 512 g/mol. The second kappa shape index (κ2) is 9.03. The number of aliphatic hydroxyl groups is 1. The Labute approximate surface area is 216 Å². The fraction of sp³-hybridized carbons (Fsp3) is 0.222. The molecule has 6 aromatic rings. The Kier molecular flexibility index (Phi) is 5.64. The van der Waals surface area contributed by atoms with E-state index in [-0.39, 0.29) is 16.5 Å². The molecule has 1 unspecified atom stereocenters. The number of anilines is 1. The molecule has 0 saturated carbocycles. The predicted octanol–water partition coefficient (Wildman–Crippen LogP) is 5.52. The highest BCUT2D eigenvalue weighted by Crippen LogP contribution is 2.34. The van der Waals surface area contributed by atoms with Crippen LogP contribution in [0.15, 0.2) is 59.9 Å². The Balaban J connectivity index is 1.40. The van der Waals surface area contributed by atoms with Gasteiger partial charge in [-0.1, -0.05) is 20.8 Å². The van der Waals surface area contributed by atoms with Crippen LogP contribution in [0.25, 0.3) is 56.0 Å². The molecule has 0 spiro atoms. The fourth-order valence-electron chi connectivity index (χ4n) is 4.48. The SMILES string of the molecule is CC(C)(C)CC(O)Nc1cncc(-c2ncc3[nH]nc(-c4nc5c(-c6ccoc6)nccc5[nH]4)c3c2F)c1. The number of halogens is 1. The molecule has 0 aliphatic rings. The summed E-state index contributed by atoms with van der Waals surface area (Å²) in [4.78, 5) is 20.9. The summed E-state index contributed by atoms with van der Waals surface area (Å²) in [6, 6.07) is 5.31. The van der Waals surface area contributed by atoms with E-state index in [9.17, 15) is 5.11 Å². The van der Waals surface area contributed by atoms with Crippen molar-refractivity contribution in [3.05, 3.63) is 61.3 Å². The number of H-pyrrole nitrogens is 2. The number of rotatable bonds is 6. The first kappa shape index (κ1) is 23.7. The normalized spacial score (nSPS) is 12.9. The van der Waals surface area contributed by atoms with Crippen LogP contribution in [0.1, 0.15) is 27.2 Å². The summed E-state index contributed by atoms with van der Waals surface area (Å²) in [5.74, 6) is -0.173. The molecule has 0 aromatic carbocycles. The van der Waals surface area contributed by atoms with E-state index in [0.29, 0.717) is 45.9 Å². The summed E-state index contributed by atoms with van der Waals surface area (Å²) in [5.41, 5.74) is 4.58. The summed E-state index contributed by atoms with van der Waals surface area (Å²) in [5, 5.41) is 20.9. The lowest BCUT2D eigenvalue weighted by molar-refractivity contribution is 0.145. The summed E-state index contributed by atoms with van der Waals surface area (Å²) in [6.07, 6.45) is 9.23. The van der Waals surface area contributed by atoms with Gasteiger partial charge in [0.1, 0.15) is 28.8 Å². The van der Waals surface area contributed by atoms with Crippen LogP contribution in [0, 0.1) is 11.2 Å². The maximum absolute atomic E-state index is 16.0. The average Bonchev–Trinajstić information content (AvgIpc) is 3.62. The number of aromatic nitrogens is 7. The molecule has 6 aromatic heterocycles. The van der Waals surface area contributed by atoms with E-state index >= 15 is 4.39 Å². The number of nitrogens with one attached hydrogen (secondary N) is 3. The van der Waals surface area contributed by atoms with Crippen LogP contribution in [0.3, 0.4) is 0 Å². The summed E-state index contributed by atoms with van der Waals surface area (Å²) in [6.45, 7) is 6.13. The molecule has 0 aliphatic carbocycles. The van der Waals surface area contributed by atoms with E-state index in [1.807, 2.05) is 20.8 Å². The second-order valence-corrected chi connectivity index (χ2v) is 10.3. The van der Waals surface area contributed by atoms with Crippen molar-refractivity contribution in [1.82, 2.24) is 35.1 Å². The molecule has 11 heteroatoms. The van der Waals surface area contributed by atoms with Crippen molar-refractivity contribution in [1.29, 1.82) is 0 Å². The average molecular weight is 513 g/mol. The first-order chi connectivity index (χ1) is 18.3. The minimum atomic E-state index is -0.776. The maximum atomic E-state index is 16.0. The predicted molar refractivity (Wildman–Crippen MR) is 141 cm³/mol. The molecular formula is C27H25FN8O2. The zero-order valence-electron chi connectivity index (χ0n) is 21.0. The quantitative estimate of drug-likeness (QED) is 0.214. The Hall–Kier alpha value is -4.64. The highest BCUT2D eigenvalue weighted by Gasteiger charge is 2.22. The molecule has 10 nitrogen and oxygen atoms in total. The summed E-state index contributed by atoms with van der Waals surface area (Å²) < 4.78 is 21.2. The first-order valence-corrected chi connectivity index (χ1v) is 12.1. The van der Waals surface area contributed by atoms with Gasteiger partial charge in [-0.05, 0) is 30.0 Å². The number of aromatic amines is 2. The molecule has 0 saturated heterocycles. The number of hydrogen-bond acceptors (Lipinski definition) is 8. The van der Waals surface area contributed by atoms with Crippen molar-refractivity contribution in [3.8, 4) is 34.0 Å². The van der Waals surface area contributed by atoms with Gasteiger partial charge in [-0.3, -0.25) is 20.1 Å². The standard InChI is InChI=1S/C27H25FN8O2/c1-27(2,3)9-19(37)32-16-8-15(10-29-11-16)22-21(28)20-18(12-31-22)35-36-25(20)26-33-17-4-6-30-23(24(17)34-26)14-5-7-38-13-14/h4-8,10-13,19,32,37H,9H2,1-3H3,(H,33,34)(H,35,36). The molecule has 0 radical (unpaired) electrons. The van der Waals surface area contributed by atoms with E-state index in [4.69, 9.17) is 9.40 Å². The number of pyridine rings is 3. The molecule has 0 bridgehead atoms. The number of fused-ring (bicyclic) bond motifs is 2. The van der Waals surface area contributed by atoms with Crippen LogP contribution in [-0.4, -0.2) is 46.5 Å². The number of imidazole rings is 1. The van der Waals surface area contributed by atoms with Gasteiger partial charge in [0.05, 0.1) is 47.0 Å². The lowest BCUT2D eigenvalue weighted by Crippen LogP contribution is -2.25. The van der Waals surface area contributed by atoms with Crippen LogP contribution < -0.4 is 5.32 Å². The van der Waals surface area contributed by atoms with Gasteiger partial charge in [-0.2, -0.15) is 5.10 Å². The van der Waals surface area contributed by atoms with Crippen LogP contribution in [0.5, 0.6) is 0 Å². The van der Waals surface area contributed by atoms with Gasteiger partial charge in [0.25, 0.3) is 0 Å². The van der Waals surface area contributed by atoms with E-state index in [0.717, 1.165) is 11.1 Å². The van der Waals surface area contributed by atoms with Crippen molar-refractivity contribution in [2.45, 2.75) is 33.4 Å². The number of nitrogens with zero attached hydrogens (tertiary/aromatic N) is 5. The molecule has 4 N–H and O–H groups in total. The zero-order chi connectivity index (χ0) is 26.4. The van der Waals surface area contributed by atoms with E-state index < -0.39 is 12.0 Å². The Bertz CT molecular complexity index is 1750. The van der Waals surface area contributed by atoms with E-state index in [2.05, 4.69) is 35.5 Å². The minimum absolute atomic E-state index is 0.0696. The molecule has 1 atom stereocenters. The van der Waals surface area contributed by atoms with Gasteiger partial charge in [-0.25, -0.2) is 9.37 Å². The molecule has 38 heavy (non-hydrogen) atoms.